The normalized spacial score (nSPS) is 42.4. The van der Waals surface area contributed by atoms with E-state index >= 15 is 0 Å². The second-order valence-corrected chi connectivity index (χ2v) is 18.4. The van der Waals surface area contributed by atoms with E-state index in [2.05, 4.69) is 16.6 Å². The summed E-state index contributed by atoms with van der Waals surface area (Å²) >= 11 is 0. The Bertz CT molecular complexity index is 1900. The summed E-state index contributed by atoms with van der Waals surface area (Å²) < 4.78 is 35.2. The van der Waals surface area contributed by atoms with Crippen LogP contribution >= 0.6 is 0 Å². The number of nitrogens with zero attached hydrogens (tertiary/aromatic N) is 3. The molecule has 398 valence electrons. The van der Waals surface area contributed by atoms with Crippen molar-refractivity contribution in [1.29, 1.82) is 0 Å². The topological polar surface area (TPSA) is 320 Å². The van der Waals surface area contributed by atoms with Gasteiger partial charge in [-0.2, -0.15) is 0 Å². The summed E-state index contributed by atoms with van der Waals surface area (Å²) in [5.41, 5.74) is 9.17. The summed E-state index contributed by atoms with van der Waals surface area (Å²) in [6, 6.07) is -1.35. The summed E-state index contributed by atoms with van der Waals surface area (Å²) in [5.74, 6) is -5.46. The number of methoxy groups -OCH3 is 1. The number of hydrogen-bond acceptors (Lipinski definition) is 18. The van der Waals surface area contributed by atoms with Crippen LogP contribution in [0.25, 0.3) is 10.4 Å². The van der Waals surface area contributed by atoms with E-state index in [-0.39, 0.29) is 51.0 Å². The van der Waals surface area contributed by atoms with Crippen molar-refractivity contribution in [2.24, 2.45) is 22.9 Å². The standard InChI is InChI=1S/C51H77N3O17/c1-7-24-67-49(65)44-41(60)30-51(66-6)29-37(57)26-40(59)39(58)23-22-35(55)25-36(56)27-43(61)68-33(4)32(3)46(62)31(2)20-18-16-14-12-10-8-9-11-13-15-17-19-21-38(28-42(44)71-51)70-50-48(64)45(53-54-52)47(63)34(5)69-50/h7-21,31-42,44-48,50,55-60,62-64H,1,22-30H2,2-6H3/b9-8+,12-10+,13-11+,16-14+,17-15+,20-18+,21-19+/t31-,32-,33-,34+,35+,36+,37-,38-,39?,40+,41-,42-,44+,45-,46+,47+,48+,50?,51+/m0/s1. The lowest BCUT2D eigenvalue weighted by Crippen LogP contribution is -2.58. The molecule has 2 bridgehead atoms. The van der Waals surface area contributed by atoms with Crippen LogP contribution in [0.5, 0.6) is 0 Å². The number of allylic oxidation sites excluding steroid dienone is 12. The number of esters is 2. The van der Waals surface area contributed by atoms with Gasteiger partial charge in [0.1, 0.15) is 24.7 Å². The summed E-state index contributed by atoms with van der Waals surface area (Å²) in [4.78, 5) is 29.0. The summed E-state index contributed by atoms with van der Waals surface area (Å²) in [6.45, 7) is 10.1. The van der Waals surface area contributed by atoms with E-state index in [0.717, 1.165) is 0 Å². The number of rotatable bonds is 7. The molecule has 9 N–H and O–H groups in total. The van der Waals surface area contributed by atoms with E-state index in [1.54, 1.807) is 68.5 Å². The van der Waals surface area contributed by atoms with Crippen molar-refractivity contribution in [1.82, 2.24) is 0 Å². The molecule has 0 saturated carbocycles. The summed E-state index contributed by atoms with van der Waals surface area (Å²) in [6.07, 6.45) is 5.89. The highest BCUT2D eigenvalue weighted by Crippen LogP contribution is 2.40. The van der Waals surface area contributed by atoms with Gasteiger partial charge in [-0.3, -0.25) is 9.59 Å². The molecule has 0 amide bonds. The largest absolute Gasteiger partial charge is 0.462 e. The van der Waals surface area contributed by atoms with Crippen LogP contribution in [0.1, 0.15) is 79.1 Å². The van der Waals surface area contributed by atoms with Crippen molar-refractivity contribution >= 4 is 11.9 Å². The van der Waals surface area contributed by atoms with Crippen molar-refractivity contribution < 1.29 is 84.0 Å². The van der Waals surface area contributed by atoms with Crippen LogP contribution < -0.4 is 0 Å². The molecule has 0 aromatic carbocycles. The Morgan fingerprint density at radius 3 is 1.96 bits per heavy atom. The molecule has 3 heterocycles. The van der Waals surface area contributed by atoms with Crippen molar-refractivity contribution in [3.63, 3.8) is 0 Å². The molecule has 3 rings (SSSR count). The number of hydrogen-bond donors (Lipinski definition) is 9. The van der Waals surface area contributed by atoms with Gasteiger partial charge in [-0.15, -0.1) is 0 Å². The van der Waals surface area contributed by atoms with Gasteiger partial charge in [0.05, 0.1) is 79.6 Å². The molecule has 3 aliphatic heterocycles. The first-order chi connectivity index (χ1) is 33.8. The molecule has 2 saturated heterocycles. The number of carbonyl (C=O) groups is 2. The Labute approximate surface area is 416 Å². The van der Waals surface area contributed by atoms with E-state index < -0.39 is 134 Å². The first-order valence-corrected chi connectivity index (χ1v) is 24.1. The molecule has 0 aromatic rings. The minimum absolute atomic E-state index is 0.0882. The molecule has 3 aliphatic rings. The van der Waals surface area contributed by atoms with E-state index in [0.29, 0.717) is 0 Å². The lowest BCUT2D eigenvalue weighted by atomic mass is 9.82. The van der Waals surface area contributed by atoms with Crippen molar-refractivity contribution in [3.05, 3.63) is 108 Å². The SMILES string of the molecule is C=CCOC(=O)[C@H]1[C@@H]2C[C@@H](OC3O[C@H](C)[C@@H](O)[C@H](N=[N+]=[N-])[C@H]3O)/C=C/C=C/C=C/C=C/C=C/C=C/C=C/[C@H](C)[C@@H](O)[C@@H](C)[C@H](C)OC(=O)C[C@H](O)C[C@H](O)CCC(O)[C@H](O)C[C@H](O)C[C@](OC)(C[C@@H]1O)O2. The minimum atomic E-state index is -1.79. The van der Waals surface area contributed by atoms with Gasteiger partial charge in [0.15, 0.2) is 12.1 Å². The highest BCUT2D eigenvalue weighted by atomic mass is 16.7. The second kappa shape index (κ2) is 31.3. The van der Waals surface area contributed by atoms with Crippen molar-refractivity contribution in [2.45, 2.75) is 177 Å². The molecule has 0 radical (unpaired) electrons. The fraction of sp³-hybridized carbons (Fsp3) is 0.647. The van der Waals surface area contributed by atoms with Crippen LogP contribution in [0, 0.1) is 17.8 Å². The predicted molar refractivity (Wildman–Crippen MR) is 260 cm³/mol. The molecule has 20 heteroatoms. The van der Waals surface area contributed by atoms with Gasteiger partial charge in [0, 0.05) is 49.5 Å². The van der Waals surface area contributed by atoms with Gasteiger partial charge in [0.25, 0.3) is 0 Å². The number of fused-ring (bicyclic) bond motifs is 2. The first kappa shape index (κ1) is 61.0. The van der Waals surface area contributed by atoms with Gasteiger partial charge < -0.3 is 74.4 Å². The molecule has 20 nitrogen and oxygen atoms in total. The maximum Gasteiger partial charge on any atom is 0.314 e. The average Bonchev–Trinajstić information content (AvgIpc) is 3.31. The molecule has 0 spiro atoms. The second-order valence-electron chi connectivity index (χ2n) is 18.4. The van der Waals surface area contributed by atoms with Crippen molar-refractivity contribution in [2.75, 3.05) is 13.7 Å². The van der Waals surface area contributed by atoms with Crippen LogP contribution in [0.3, 0.4) is 0 Å². The number of aliphatic hydroxyl groups excluding tert-OH is 9. The zero-order chi connectivity index (χ0) is 52.7. The smallest absolute Gasteiger partial charge is 0.314 e. The number of aliphatic hydroxyl groups is 9. The highest BCUT2D eigenvalue weighted by Gasteiger charge is 2.52. The van der Waals surface area contributed by atoms with Crippen LogP contribution in [-0.2, 0) is 38.0 Å². The van der Waals surface area contributed by atoms with E-state index in [4.69, 9.17) is 34.0 Å². The molecule has 0 aromatic heterocycles. The number of azide groups is 1. The van der Waals surface area contributed by atoms with Gasteiger partial charge >= 0.3 is 11.9 Å². The number of ether oxygens (including phenoxy) is 6. The molecular weight excluding hydrogens is 927 g/mol. The summed E-state index contributed by atoms with van der Waals surface area (Å²) in [5, 5.41) is 102. The Balaban J connectivity index is 1.97. The lowest BCUT2D eigenvalue weighted by molar-refractivity contribution is -0.317. The Hall–Kier alpha value is -4.35. The molecule has 2 unspecified atom stereocenters. The highest BCUT2D eigenvalue weighted by molar-refractivity contribution is 5.74. The fourth-order valence-corrected chi connectivity index (χ4v) is 8.52. The van der Waals surface area contributed by atoms with Crippen LogP contribution in [0.2, 0.25) is 0 Å². The first-order valence-electron chi connectivity index (χ1n) is 24.1. The zero-order valence-corrected chi connectivity index (χ0v) is 41.3. The molecule has 0 aliphatic carbocycles. The van der Waals surface area contributed by atoms with Gasteiger partial charge in [-0.05, 0) is 38.6 Å². The molecule has 19 atom stereocenters. The molecule has 71 heavy (non-hydrogen) atoms. The van der Waals surface area contributed by atoms with E-state index in [1.807, 2.05) is 37.3 Å². The van der Waals surface area contributed by atoms with Crippen molar-refractivity contribution in [3.8, 4) is 0 Å². The van der Waals surface area contributed by atoms with E-state index in [1.165, 1.54) is 20.1 Å². The third-order valence-electron chi connectivity index (χ3n) is 12.8. The quantitative estimate of drug-likeness (QED) is 0.0581. The predicted octanol–water partition coefficient (Wildman–Crippen LogP) is 3.36. The van der Waals surface area contributed by atoms with Crippen LogP contribution in [-0.4, -0.2) is 169 Å². The van der Waals surface area contributed by atoms with Crippen LogP contribution in [0.15, 0.2) is 103 Å². The maximum atomic E-state index is 13.6. The van der Waals surface area contributed by atoms with Gasteiger partial charge in [0.2, 0.25) is 0 Å². The summed E-state index contributed by atoms with van der Waals surface area (Å²) in [7, 11) is 1.26. The maximum absolute atomic E-state index is 13.6. The van der Waals surface area contributed by atoms with E-state index in [9.17, 15) is 55.5 Å². The molecular formula is C51H77N3O17. The third-order valence-corrected chi connectivity index (χ3v) is 12.8. The number of cyclic esters (lactones) is 1. The third kappa shape index (κ3) is 20.2. The minimum Gasteiger partial charge on any atom is -0.462 e. The average molecular weight is 1000 g/mol. The fourth-order valence-electron chi connectivity index (χ4n) is 8.52. The Morgan fingerprint density at radius 1 is 0.761 bits per heavy atom. The number of carbonyl (C=O) groups excluding carboxylic acids is 2. The molecule has 2 fully saturated rings. The van der Waals surface area contributed by atoms with Gasteiger partial charge in [-0.25, -0.2) is 0 Å². The van der Waals surface area contributed by atoms with Gasteiger partial charge in [-0.1, -0.05) is 117 Å². The zero-order valence-electron chi connectivity index (χ0n) is 41.3. The Morgan fingerprint density at radius 2 is 1.37 bits per heavy atom. The lowest BCUT2D eigenvalue weighted by Gasteiger charge is -2.47. The monoisotopic (exact) mass is 1000 g/mol. The Kier molecular flexibility index (Phi) is 26.9. The van der Waals surface area contributed by atoms with Crippen LogP contribution in [0.4, 0.5) is 0 Å².